The molecule has 0 heterocycles. The second-order valence-corrected chi connectivity index (χ2v) is 3.30. The van der Waals surface area contributed by atoms with Crippen molar-refractivity contribution in [3.8, 4) is 0 Å². The molecule has 1 aliphatic rings. The lowest BCUT2D eigenvalue weighted by molar-refractivity contribution is -0.489. The molecule has 0 bridgehead atoms. The summed E-state index contributed by atoms with van der Waals surface area (Å²) in [6.07, 6.45) is 3.78. The third-order valence-corrected chi connectivity index (χ3v) is 2.30. The molecule has 4 heteroatoms. The van der Waals surface area contributed by atoms with Gasteiger partial charge < -0.3 is 5.73 Å². The van der Waals surface area contributed by atoms with Gasteiger partial charge in [0.2, 0.25) is 6.54 Å². The summed E-state index contributed by atoms with van der Waals surface area (Å²) in [5.41, 5.74) is 5.66. The van der Waals surface area contributed by atoms with Crippen molar-refractivity contribution in [1.29, 1.82) is 0 Å². The van der Waals surface area contributed by atoms with Crippen molar-refractivity contribution in [3.05, 3.63) is 10.1 Å². The van der Waals surface area contributed by atoms with Crippen LogP contribution in [0.4, 0.5) is 0 Å². The Kier molecular flexibility index (Phi) is 2.82. The minimum atomic E-state index is -0.221. The van der Waals surface area contributed by atoms with Gasteiger partial charge in [0.15, 0.2) is 0 Å². The average molecular weight is 158 g/mol. The van der Waals surface area contributed by atoms with Crippen LogP contribution in [0.25, 0.3) is 0 Å². The molecule has 4 nitrogen and oxygen atoms in total. The Morgan fingerprint density at radius 2 is 1.91 bits per heavy atom. The van der Waals surface area contributed by atoms with Crippen molar-refractivity contribution in [2.75, 3.05) is 6.54 Å². The van der Waals surface area contributed by atoms with Crippen molar-refractivity contribution in [1.82, 2.24) is 0 Å². The summed E-state index contributed by atoms with van der Waals surface area (Å²) in [6, 6.07) is 0.290. The Labute approximate surface area is 65.9 Å². The lowest BCUT2D eigenvalue weighted by atomic mass is 9.87. The molecule has 0 aromatic rings. The zero-order valence-electron chi connectivity index (χ0n) is 6.53. The molecule has 0 aromatic heterocycles. The quantitative estimate of drug-likeness (QED) is 0.477. The van der Waals surface area contributed by atoms with Crippen LogP contribution in [0.5, 0.6) is 0 Å². The van der Waals surface area contributed by atoms with Gasteiger partial charge in [0.1, 0.15) is 0 Å². The molecule has 0 saturated heterocycles. The van der Waals surface area contributed by atoms with Gasteiger partial charge in [-0.3, -0.25) is 10.1 Å². The number of nitro groups is 1. The molecule has 0 amide bonds. The Balaban J connectivity index is 2.22. The van der Waals surface area contributed by atoms with Crippen LogP contribution in [0, 0.1) is 16.0 Å². The molecule has 0 aromatic carbocycles. The van der Waals surface area contributed by atoms with E-state index < -0.39 is 0 Å². The first-order valence-corrected chi connectivity index (χ1v) is 4.06. The molecule has 64 valence electrons. The zero-order chi connectivity index (χ0) is 8.27. The molecule has 1 fully saturated rings. The van der Waals surface area contributed by atoms with Crippen LogP contribution in [-0.2, 0) is 0 Å². The molecular formula is C7H14N2O2. The van der Waals surface area contributed by atoms with Crippen molar-refractivity contribution < 1.29 is 4.92 Å². The van der Waals surface area contributed by atoms with Crippen LogP contribution in [0.15, 0.2) is 0 Å². The van der Waals surface area contributed by atoms with Gasteiger partial charge in [-0.2, -0.15) is 0 Å². The van der Waals surface area contributed by atoms with Gasteiger partial charge in [-0.25, -0.2) is 0 Å². The lowest BCUT2D eigenvalue weighted by Gasteiger charge is -2.22. The fourth-order valence-electron chi connectivity index (χ4n) is 1.58. The van der Waals surface area contributed by atoms with Crippen LogP contribution in [0.1, 0.15) is 25.7 Å². The van der Waals surface area contributed by atoms with Crippen molar-refractivity contribution >= 4 is 0 Å². The number of nitrogens with zero attached hydrogens (tertiary/aromatic N) is 1. The molecule has 2 N–H and O–H groups in total. The molecule has 0 atom stereocenters. The van der Waals surface area contributed by atoms with Gasteiger partial charge in [0.25, 0.3) is 0 Å². The molecule has 0 radical (unpaired) electrons. The van der Waals surface area contributed by atoms with E-state index in [0.29, 0.717) is 0 Å². The number of nitrogens with two attached hydrogens (primary N) is 1. The highest BCUT2D eigenvalue weighted by atomic mass is 16.6. The molecule has 1 aliphatic carbocycles. The van der Waals surface area contributed by atoms with Gasteiger partial charge in [-0.15, -0.1) is 0 Å². The Hall–Kier alpha value is -0.640. The first-order valence-electron chi connectivity index (χ1n) is 4.06. The maximum atomic E-state index is 10.1. The molecule has 0 aliphatic heterocycles. The Bertz CT molecular complexity index is 141. The summed E-state index contributed by atoms with van der Waals surface area (Å²) in [4.78, 5) is 9.90. The van der Waals surface area contributed by atoms with E-state index in [4.69, 9.17) is 5.73 Å². The summed E-state index contributed by atoms with van der Waals surface area (Å²) in [6.45, 7) is 0.132. The van der Waals surface area contributed by atoms with E-state index in [2.05, 4.69) is 0 Å². The molecule has 11 heavy (non-hydrogen) atoms. The minimum absolute atomic E-state index is 0.132. The van der Waals surface area contributed by atoms with Crippen LogP contribution in [0.3, 0.4) is 0 Å². The number of hydrogen-bond acceptors (Lipinski definition) is 3. The Morgan fingerprint density at radius 1 is 1.36 bits per heavy atom. The third-order valence-electron chi connectivity index (χ3n) is 2.30. The van der Waals surface area contributed by atoms with E-state index in [1.54, 1.807) is 0 Å². The summed E-state index contributed by atoms with van der Waals surface area (Å²) in [5, 5.41) is 10.1. The fraction of sp³-hybridized carbons (Fsp3) is 1.00. The van der Waals surface area contributed by atoms with Crippen molar-refractivity contribution in [3.63, 3.8) is 0 Å². The maximum absolute atomic E-state index is 10.1. The lowest BCUT2D eigenvalue weighted by Crippen LogP contribution is -2.29. The minimum Gasteiger partial charge on any atom is -0.328 e. The largest absolute Gasteiger partial charge is 0.328 e. The second kappa shape index (κ2) is 3.67. The maximum Gasteiger partial charge on any atom is 0.206 e. The van der Waals surface area contributed by atoms with Crippen LogP contribution >= 0.6 is 0 Å². The SMILES string of the molecule is NC1CCC(C[N+](=O)[O-])CC1. The topological polar surface area (TPSA) is 69.2 Å². The highest BCUT2D eigenvalue weighted by Gasteiger charge is 2.21. The first-order chi connectivity index (χ1) is 5.18. The fourth-order valence-corrected chi connectivity index (χ4v) is 1.58. The normalized spacial score (nSPS) is 31.7. The summed E-state index contributed by atoms with van der Waals surface area (Å²) in [7, 11) is 0. The molecule has 0 spiro atoms. The van der Waals surface area contributed by atoms with Crippen molar-refractivity contribution in [2.24, 2.45) is 11.7 Å². The van der Waals surface area contributed by atoms with Gasteiger partial charge >= 0.3 is 0 Å². The zero-order valence-corrected chi connectivity index (χ0v) is 6.53. The second-order valence-electron chi connectivity index (χ2n) is 3.30. The van der Waals surface area contributed by atoms with Crippen LogP contribution in [0.2, 0.25) is 0 Å². The molecular weight excluding hydrogens is 144 g/mol. The average Bonchev–Trinajstić information content (AvgIpc) is 1.93. The van der Waals surface area contributed by atoms with Gasteiger partial charge in [0, 0.05) is 16.9 Å². The van der Waals surface area contributed by atoms with E-state index in [-0.39, 0.29) is 23.4 Å². The molecule has 0 unspecified atom stereocenters. The van der Waals surface area contributed by atoms with Crippen LogP contribution < -0.4 is 5.73 Å². The summed E-state index contributed by atoms with van der Waals surface area (Å²) < 4.78 is 0. The smallest absolute Gasteiger partial charge is 0.206 e. The standard InChI is InChI=1S/C7H14N2O2/c8-7-3-1-6(2-4-7)5-9(10)11/h6-7H,1-5,8H2. The monoisotopic (exact) mass is 158 g/mol. The van der Waals surface area contributed by atoms with Gasteiger partial charge in [-0.1, -0.05) is 0 Å². The predicted molar refractivity (Wildman–Crippen MR) is 41.8 cm³/mol. The number of hydrogen-bond donors (Lipinski definition) is 1. The van der Waals surface area contributed by atoms with E-state index in [1.807, 2.05) is 0 Å². The third kappa shape index (κ3) is 2.84. The summed E-state index contributed by atoms with van der Waals surface area (Å²) >= 11 is 0. The highest BCUT2D eigenvalue weighted by Crippen LogP contribution is 2.22. The van der Waals surface area contributed by atoms with Crippen molar-refractivity contribution in [2.45, 2.75) is 31.7 Å². The Morgan fingerprint density at radius 3 is 2.36 bits per heavy atom. The van der Waals surface area contributed by atoms with E-state index in [1.165, 1.54) is 0 Å². The summed E-state index contributed by atoms with van der Waals surface area (Å²) in [5.74, 6) is 0.282. The van der Waals surface area contributed by atoms with Gasteiger partial charge in [0.05, 0.1) is 0 Å². The molecule has 1 rings (SSSR count). The molecule has 1 saturated carbocycles. The first kappa shape index (κ1) is 8.46. The highest BCUT2D eigenvalue weighted by molar-refractivity contribution is 4.73. The van der Waals surface area contributed by atoms with Crippen LogP contribution in [-0.4, -0.2) is 17.5 Å². The van der Waals surface area contributed by atoms with E-state index in [0.717, 1.165) is 25.7 Å². The van der Waals surface area contributed by atoms with Gasteiger partial charge in [-0.05, 0) is 25.7 Å². The predicted octanol–water partition coefficient (Wildman–Crippen LogP) is 0.781. The number of rotatable bonds is 2. The van der Waals surface area contributed by atoms with E-state index in [9.17, 15) is 10.1 Å². The van der Waals surface area contributed by atoms with E-state index >= 15 is 0 Å².